The Labute approximate surface area is 103 Å². The van der Waals surface area contributed by atoms with Gasteiger partial charge in [0.15, 0.2) is 11.5 Å². The van der Waals surface area contributed by atoms with Gasteiger partial charge in [0.25, 0.3) is 0 Å². The number of rotatable bonds is 2. The average Bonchev–Trinajstić information content (AvgIpc) is 2.59. The fourth-order valence-electron chi connectivity index (χ4n) is 1.52. The molecule has 6 heteroatoms. The normalized spacial score (nSPS) is 10.5. The zero-order chi connectivity index (χ0) is 12.6. The molecule has 17 heavy (non-hydrogen) atoms. The summed E-state index contributed by atoms with van der Waals surface area (Å²) in [5.74, 6) is 0.863. The lowest BCUT2D eigenvalue weighted by atomic mass is 10.1. The van der Waals surface area contributed by atoms with Crippen LogP contribution < -0.4 is 10.5 Å². The van der Waals surface area contributed by atoms with Crippen LogP contribution in [0, 0.1) is 0 Å². The molecule has 0 fully saturated rings. The molecule has 2 rings (SSSR count). The quantitative estimate of drug-likeness (QED) is 0.859. The Bertz CT molecular complexity index is 547. The molecule has 1 aromatic heterocycles. The van der Waals surface area contributed by atoms with Crippen LogP contribution in [0.2, 0.25) is 5.02 Å². The van der Waals surface area contributed by atoms with Crippen LogP contribution in [0.1, 0.15) is 0 Å². The molecule has 1 heterocycles. The Morgan fingerprint density at radius 2 is 2.12 bits per heavy atom. The molecule has 0 unspecified atom stereocenters. The predicted molar refractivity (Wildman–Crippen MR) is 66.3 cm³/mol. The van der Waals surface area contributed by atoms with Crippen molar-refractivity contribution in [3.63, 3.8) is 0 Å². The molecule has 0 bridgehead atoms. The molecule has 3 N–H and O–H groups in total. The van der Waals surface area contributed by atoms with Crippen LogP contribution in [-0.2, 0) is 7.05 Å². The lowest BCUT2D eigenvalue weighted by Crippen LogP contribution is -1.96. The van der Waals surface area contributed by atoms with Crippen molar-refractivity contribution in [1.29, 1.82) is 0 Å². The van der Waals surface area contributed by atoms with E-state index in [2.05, 4.69) is 5.10 Å². The minimum atomic E-state index is -0.00912. The number of halogens is 1. The Morgan fingerprint density at radius 1 is 1.41 bits per heavy atom. The monoisotopic (exact) mass is 253 g/mol. The number of hydrogen-bond donors (Lipinski definition) is 2. The standard InChI is InChI=1S/C11H12ClN3O2/c1-15-11(13)5-8(14-15)6-3-10(17-2)9(16)4-7(6)12/h3-5,16H,13H2,1-2H3. The first-order chi connectivity index (χ1) is 8.02. The van der Waals surface area contributed by atoms with E-state index in [9.17, 15) is 5.11 Å². The van der Waals surface area contributed by atoms with E-state index in [1.807, 2.05) is 0 Å². The van der Waals surface area contributed by atoms with E-state index >= 15 is 0 Å². The van der Waals surface area contributed by atoms with Crippen molar-refractivity contribution >= 4 is 17.4 Å². The highest BCUT2D eigenvalue weighted by atomic mass is 35.5. The maximum Gasteiger partial charge on any atom is 0.161 e. The predicted octanol–water partition coefficient (Wildman–Crippen LogP) is 2.04. The molecule has 90 valence electrons. The van der Waals surface area contributed by atoms with Crippen LogP contribution in [0.5, 0.6) is 11.5 Å². The third kappa shape index (κ3) is 2.01. The molecular formula is C11H12ClN3O2. The molecule has 1 aromatic carbocycles. The van der Waals surface area contributed by atoms with Crippen LogP contribution in [0.15, 0.2) is 18.2 Å². The van der Waals surface area contributed by atoms with Crippen molar-refractivity contribution in [1.82, 2.24) is 9.78 Å². The van der Waals surface area contributed by atoms with Crippen molar-refractivity contribution < 1.29 is 9.84 Å². The van der Waals surface area contributed by atoms with E-state index in [0.717, 1.165) is 0 Å². The summed E-state index contributed by atoms with van der Waals surface area (Å²) in [4.78, 5) is 0. The van der Waals surface area contributed by atoms with E-state index in [1.54, 1.807) is 23.9 Å². The van der Waals surface area contributed by atoms with Crippen LogP contribution >= 0.6 is 11.6 Å². The fourth-order valence-corrected chi connectivity index (χ4v) is 1.77. The van der Waals surface area contributed by atoms with Gasteiger partial charge in [-0.1, -0.05) is 11.6 Å². The summed E-state index contributed by atoms with van der Waals surface area (Å²) in [7, 11) is 3.21. The van der Waals surface area contributed by atoms with Crippen LogP contribution in [0.25, 0.3) is 11.3 Å². The second-order valence-electron chi connectivity index (χ2n) is 3.58. The second kappa shape index (κ2) is 4.18. The maximum absolute atomic E-state index is 9.56. The summed E-state index contributed by atoms with van der Waals surface area (Å²) < 4.78 is 6.57. The van der Waals surface area contributed by atoms with Gasteiger partial charge in [-0.15, -0.1) is 0 Å². The summed E-state index contributed by atoms with van der Waals surface area (Å²) in [5.41, 5.74) is 7.00. The third-order valence-corrected chi connectivity index (χ3v) is 2.77. The number of aryl methyl sites for hydroxylation is 1. The van der Waals surface area contributed by atoms with Crippen molar-refractivity contribution in [2.45, 2.75) is 0 Å². The maximum atomic E-state index is 9.56. The van der Waals surface area contributed by atoms with Crippen LogP contribution in [0.4, 0.5) is 5.82 Å². The first-order valence-corrected chi connectivity index (χ1v) is 5.27. The Kier molecular flexibility index (Phi) is 2.85. The minimum Gasteiger partial charge on any atom is -0.504 e. The number of ether oxygens (including phenoxy) is 1. The summed E-state index contributed by atoms with van der Waals surface area (Å²) in [6, 6.07) is 4.75. The van der Waals surface area contributed by atoms with E-state index in [1.165, 1.54) is 13.2 Å². The lowest BCUT2D eigenvalue weighted by Gasteiger charge is -2.07. The highest BCUT2D eigenvalue weighted by Crippen LogP contribution is 2.37. The highest BCUT2D eigenvalue weighted by Gasteiger charge is 2.13. The number of benzene rings is 1. The third-order valence-electron chi connectivity index (χ3n) is 2.46. The summed E-state index contributed by atoms with van der Waals surface area (Å²) >= 11 is 6.05. The van der Waals surface area contributed by atoms with Gasteiger partial charge < -0.3 is 15.6 Å². The van der Waals surface area contributed by atoms with E-state index < -0.39 is 0 Å². The number of hydrogen-bond acceptors (Lipinski definition) is 4. The molecule has 0 aliphatic heterocycles. The highest BCUT2D eigenvalue weighted by molar-refractivity contribution is 6.33. The SMILES string of the molecule is COc1cc(-c2cc(N)n(C)n2)c(Cl)cc1O. The second-order valence-corrected chi connectivity index (χ2v) is 3.99. The molecule has 2 aromatic rings. The molecule has 0 aliphatic carbocycles. The molecule has 5 nitrogen and oxygen atoms in total. The van der Waals surface area contributed by atoms with Gasteiger partial charge in [0.05, 0.1) is 17.8 Å². The van der Waals surface area contributed by atoms with Crippen molar-refractivity contribution in [3.05, 3.63) is 23.2 Å². The summed E-state index contributed by atoms with van der Waals surface area (Å²) in [6.45, 7) is 0. The minimum absolute atomic E-state index is 0.00912. The fraction of sp³-hybridized carbons (Fsp3) is 0.182. The molecule has 0 atom stereocenters. The smallest absolute Gasteiger partial charge is 0.161 e. The lowest BCUT2D eigenvalue weighted by molar-refractivity contribution is 0.373. The molecule has 0 aliphatic rings. The number of phenols is 1. The summed E-state index contributed by atoms with van der Waals surface area (Å²) in [6.07, 6.45) is 0. The molecule has 0 amide bonds. The number of nitrogens with zero attached hydrogens (tertiary/aromatic N) is 2. The van der Waals surface area contributed by atoms with Gasteiger partial charge in [0.2, 0.25) is 0 Å². The van der Waals surface area contributed by atoms with Crippen molar-refractivity contribution in [2.24, 2.45) is 7.05 Å². The molecule has 0 radical (unpaired) electrons. The number of aromatic nitrogens is 2. The van der Waals surface area contributed by atoms with E-state index in [-0.39, 0.29) is 5.75 Å². The average molecular weight is 254 g/mol. The van der Waals surface area contributed by atoms with E-state index in [4.69, 9.17) is 22.1 Å². The Balaban J connectivity index is 2.58. The summed E-state index contributed by atoms with van der Waals surface area (Å²) in [5, 5.41) is 14.2. The van der Waals surface area contributed by atoms with Gasteiger partial charge in [-0.05, 0) is 6.07 Å². The van der Waals surface area contributed by atoms with Crippen molar-refractivity contribution in [2.75, 3.05) is 12.8 Å². The first-order valence-electron chi connectivity index (χ1n) is 4.89. The topological polar surface area (TPSA) is 73.3 Å². The number of phenolic OH excluding ortho intramolecular Hbond substituents is 1. The first kappa shape index (κ1) is 11.6. The Morgan fingerprint density at radius 3 is 2.65 bits per heavy atom. The number of aromatic hydroxyl groups is 1. The molecule has 0 saturated carbocycles. The van der Waals surface area contributed by atoms with Gasteiger partial charge in [0, 0.05) is 24.7 Å². The number of methoxy groups -OCH3 is 1. The van der Waals surface area contributed by atoms with Crippen LogP contribution in [-0.4, -0.2) is 22.0 Å². The molecule has 0 saturated heterocycles. The van der Waals surface area contributed by atoms with Gasteiger partial charge in [0.1, 0.15) is 5.82 Å². The van der Waals surface area contributed by atoms with Crippen molar-refractivity contribution in [3.8, 4) is 22.8 Å². The largest absolute Gasteiger partial charge is 0.504 e. The number of anilines is 1. The zero-order valence-corrected chi connectivity index (χ0v) is 10.2. The number of nitrogen functional groups attached to an aromatic ring is 1. The van der Waals surface area contributed by atoms with Gasteiger partial charge in [-0.25, -0.2) is 0 Å². The molecule has 0 spiro atoms. The van der Waals surface area contributed by atoms with E-state index in [0.29, 0.717) is 27.8 Å². The Hall–Kier alpha value is -1.88. The number of nitrogens with two attached hydrogens (primary N) is 1. The van der Waals surface area contributed by atoms with Crippen LogP contribution in [0.3, 0.4) is 0 Å². The van der Waals surface area contributed by atoms with Gasteiger partial charge >= 0.3 is 0 Å². The zero-order valence-electron chi connectivity index (χ0n) is 9.44. The van der Waals surface area contributed by atoms with Gasteiger partial charge in [-0.3, -0.25) is 4.68 Å². The van der Waals surface area contributed by atoms with Gasteiger partial charge in [-0.2, -0.15) is 5.10 Å². The molecular weight excluding hydrogens is 242 g/mol.